The van der Waals surface area contributed by atoms with Crippen molar-refractivity contribution in [3.05, 3.63) is 60.2 Å². The number of ether oxygens (including phenoxy) is 2. The average molecular weight is 401 g/mol. The van der Waals surface area contributed by atoms with Crippen LogP contribution >= 0.6 is 12.2 Å². The van der Waals surface area contributed by atoms with Gasteiger partial charge in [-0.05, 0) is 42.9 Å². The summed E-state index contributed by atoms with van der Waals surface area (Å²) in [6, 6.07) is 15.9. The van der Waals surface area contributed by atoms with Gasteiger partial charge in [-0.1, -0.05) is 43.7 Å². The van der Waals surface area contributed by atoms with Crippen LogP contribution in [0.2, 0.25) is 0 Å². The van der Waals surface area contributed by atoms with E-state index in [1.807, 2.05) is 25.1 Å². The van der Waals surface area contributed by atoms with E-state index in [1.54, 1.807) is 43.4 Å². The number of esters is 1. The fraction of sp³-hybridized carbons (Fsp3) is 0.286. The first kappa shape index (κ1) is 21.4. The van der Waals surface area contributed by atoms with Gasteiger partial charge >= 0.3 is 5.97 Å². The molecular weight excluding hydrogens is 376 g/mol. The van der Waals surface area contributed by atoms with Crippen LogP contribution in [-0.2, 0) is 9.53 Å². The van der Waals surface area contributed by atoms with E-state index in [9.17, 15) is 9.59 Å². The zero-order valence-electron chi connectivity index (χ0n) is 16.0. The Balaban J connectivity index is 1.95. The van der Waals surface area contributed by atoms with Gasteiger partial charge in [-0.15, -0.1) is 0 Å². The Bertz CT molecular complexity index is 811. The molecule has 0 aliphatic carbocycles. The molecule has 0 aromatic heterocycles. The predicted molar refractivity (Wildman–Crippen MR) is 113 cm³/mol. The first-order valence-corrected chi connectivity index (χ1v) is 9.45. The van der Waals surface area contributed by atoms with Crippen LogP contribution in [0.15, 0.2) is 54.6 Å². The number of anilines is 1. The van der Waals surface area contributed by atoms with Gasteiger partial charge in [-0.2, -0.15) is 0 Å². The topological polar surface area (TPSA) is 67.9 Å². The number of rotatable bonds is 8. The number of benzene rings is 2. The van der Waals surface area contributed by atoms with E-state index in [2.05, 4.69) is 5.32 Å². The molecule has 0 radical (unpaired) electrons. The van der Waals surface area contributed by atoms with Crippen molar-refractivity contribution in [3.8, 4) is 5.75 Å². The zero-order chi connectivity index (χ0) is 20.4. The van der Waals surface area contributed by atoms with E-state index < -0.39 is 5.97 Å². The number of hydrogen-bond acceptors (Lipinski definition) is 5. The fourth-order valence-electron chi connectivity index (χ4n) is 2.23. The highest BCUT2D eigenvalue weighted by Crippen LogP contribution is 2.17. The van der Waals surface area contributed by atoms with Crippen LogP contribution in [0.25, 0.3) is 0 Å². The van der Waals surface area contributed by atoms with Crippen LogP contribution in [0.4, 0.5) is 5.69 Å². The number of amides is 1. The molecule has 0 bridgehead atoms. The maximum atomic E-state index is 12.3. The predicted octanol–water partition coefficient (Wildman–Crippen LogP) is 3.88. The molecule has 1 N–H and O–H groups in total. The number of thiocarbonyl (C=S) groups is 1. The number of para-hydroxylation sites is 2. The molecular formula is C21H24N2O4S. The van der Waals surface area contributed by atoms with Gasteiger partial charge in [0.05, 0.1) is 17.9 Å². The molecule has 2 aromatic rings. The van der Waals surface area contributed by atoms with Gasteiger partial charge in [0.25, 0.3) is 5.91 Å². The molecule has 0 spiro atoms. The number of carbonyl (C=O) groups excluding carboxylic acids is 2. The minimum atomic E-state index is -0.430. The minimum absolute atomic E-state index is 0.150. The highest BCUT2D eigenvalue weighted by atomic mass is 32.1. The number of hydrogen-bond donors (Lipinski definition) is 1. The summed E-state index contributed by atoms with van der Waals surface area (Å²) >= 11 is 5.30. The van der Waals surface area contributed by atoms with Crippen LogP contribution in [-0.4, -0.2) is 42.2 Å². The van der Waals surface area contributed by atoms with Crippen molar-refractivity contribution < 1.29 is 19.1 Å². The fourth-order valence-corrected chi connectivity index (χ4v) is 2.44. The Hall–Kier alpha value is -2.93. The molecule has 0 saturated heterocycles. The van der Waals surface area contributed by atoms with Gasteiger partial charge < -0.3 is 14.8 Å². The molecule has 148 valence electrons. The van der Waals surface area contributed by atoms with Crippen LogP contribution in [0.1, 0.15) is 30.1 Å². The number of nitrogens with zero attached hydrogens (tertiary/aromatic N) is 1. The average Bonchev–Trinajstić information content (AvgIpc) is 2.72. The summed E-state index contributed by atoms with van der Waals surface area (Å²) in [4.78, 5) is 25.9. The van der Waals surface area contributed by atoms with Gasteiger partial charge in [0.15, 0.2) is 11.7 Å². The van der Waals surface area contributed by atoms with Crippen molar-refractivity contribution in [1.29, 1.82) is 0 Å². The molecule has 0 heterocycles. The van der Waals surface area contributed by atoms with Crippen LogP contribution in [0.5, 0.6) is 5.75 Å². The molecule has 0 atom stereocenters. The second kappa shape index (κ2) is 11.0. The lowest BCUT2D eigenvalue weighted by Gasteiger charge is -2.20. The first-order valence-electron chi connectivity index (χ1n) is 9.04. The number of likely N-dealkylation sites (N-methyl/N-ethyl adjacent to an activating group) is 1. The number of carbonyl (C=O) groups is 2. The van der Waals surface area contributed by atoms with Crippen molar-refractivity contribution in [2.45, 2.75) is 19.8 Å². The number of unbranched alkanes of at least 4 members (excludes halogenated alkanes) is 1. The smallest absolute Gasteiger partial charge is 0.340 e. The normalized spacial score (nSPS) is 10.1. The van der Waals surface area contributed by atoms with Gasteiger partial charge in [0.1, 0.15) is 5.75 Å². The van der Waals surface area contributed by atoms with Gasteiger partial charge in [0, 0.05) is 7.05 Å². The summed E-state index contributed by atoms with van der Waals surface area (Å²) in [5.74, 6) is -0.145. The largest absolute Gasteiger partial charge is 0.484 e. The molecule has 0 fully saturated rings. The minimum Gasteiger partial charge on any atom is -0.484 e. The van der Waals surface area contributed by atoms with Crippen molar-refractivity contribution in [2.75, 3.05) is 25.6 Å². The van der Waals surface area contributed by atoms with E-state index in [4.69, 9.17) is 21.7 Å². The summed E-state index contributed by atoms with van der Waals surface area (Å²) in [5, 5.41) is 3.10. The molecule has 28 heavy (non-hydrogen) atoms. The summed E-state index contributed by atoms with van der Waals surface area (Å²) in [7, 11) is 1.55. The highest BCUT2D eigenvalue weighted by Gasteiger charge is 2.18. The summed E-state index contributed by atoms with van der Waals surface area (Å²) in [6.07, 6.45) is 1.74. The Labute approximate surface area is 170 Å². The summed E-state index contributed by atoms with van der Waals surface area (Å²) in [6.45, 7) is 2.24. The third-order valence-electron chi connectivity index (χ3n) is 3.90. The molecule has 2 rings (SSSR count). The van der Waals surface area contributed by atoms with Crippen molar-refractivity contribution in [1.82, 2.24) is 4.90 Å². The standard InChI is InChI=1S/C21H24N2O4S/c1-3-4-14-26-20(25)17-12-8-9-13-18(17)22-21(28)23(2)19(24)15-27-16-10-6-5-7-11-16/h5-13H,3-4,14-15H2,1-2H3,(H,22,28). The quantitative estimate of drug-likeness (QED) is 0.412. The van der Waals surface area contributed by atoms with E-state index >= 15 is 0 Å². The molecule has 0 saturated carbocycles. The second-order valence-corrected chi connectivity index (χ2v) is 6.41. The van der Waals surface area contributed by atoms with E-state index in [-0.39, 0.29) is 17.6 Å². The molecule has 2 aromatic carbocycles. The number of nitrogens with one attached hydrogen (secondary N) is 1. The van der Waals surface area contributed by atoms with Gasteiger partial charge in [-0.25, -0.2) is 4.79 Å². The Kier molecular flexibility index (Phi) is 8.42. The molecule has 0 unspecified atom stereocenters. The Morgan fingerprint density at radius 3 is 2.46 bits per heavy atom. The Morgan fingerprint density at radius 1 is 1.07 bits per heavy atom. The van der Waals surface area contributed by atoms with Crippen molar-refractivity contribution >= 4 is 34.9 Å². The van der Waals surface area contributed by atoms with E-state index in [1.165, 1.54) is 4.90 Å². The van der Waals surface area contributed by atoms with Crippen LogP contribution in [0.3, 0.4) is 0 Å². The molecule has 6 nitrogen and oxygen atoms in total. The van der Waals surface area contributed by atoms with E-state index in [0.29, 0.717) is 23.6 Å². The van der Waals surface area contributed by atoms with Gasteiger partial charge in [0.2, 0.25) is 0 Å². The monoisotopic (exact) mass is 400 g/mol. The molecule has 7 heteroatoms. The SMILES string of the molecule is CCCCOC(=O)c1ccccc1NC(=S)N(C)C(=O)COc1ccccc1. The third-order valence-corrected chi connectivity index (χ3v) is 4.28. The maximum absolute atomic E-state index is 12.3. The first-order chi connectivity index (χ1) is 13.5. The Morgan fingerprint density at radius 2 is 1.75 bits per heavy atom. The van der Waals surface area contributed by atoms with Gasteiger partial charge in [-0.3, -0.25) is 9.69 Å². The van der Waals surface area contributed by atoms with Crippen LogP contribution in [0, 0.1) is 0 Å². The third kappa shape index (κ3) is 6.35. The zero-order valence-corrected chi connectivity index (χ0v) is 16.8. The summed E-state index contributed by atoms with van der Waals surface area (Å²) < 4.78 is 10.7. The lowest BCUT2D eigenvalue weighted by Crippen LogP contribution is -2.39. The lowest BCUT2D eigenvalue weighted by molar-refractivity contribution is -0.128. The van der Waals surface area contributed by atoms with Crippen molar-refractivity contribution in [2.24, 2.45) is 0 Å². The summed E-state index contributed by atoms with van der Waals surface area (Å²) in [5.41, 5.74) is 0.847. The lowest BCUT2D eigenvalue weighted by atomic mass is 10.2. The molecule has 0 aliphatic rings. The highest BCUT2D eigenvalue weighted by molar-refractivity contribution is 7.80. The molecule has 1 amide bonds. The molecule has 0 aliphatic heterocycles. The van der Waals surface area contributed by atoms with Crippen LogP contribution < -0.4 is 10.1 Å². The second-order valence-electron chi connectivity index (χ2n) is 6.02. The maximum Gasteiger partial charge on any atom is 0.340 e. The van der Waals surface area contributed by atoms with E-state index in [0.717, 1.165) is 12.8 Å². The van der Waals surface area contributed by atoms with Crippen molar-refractivity contribution in [3.63, 3.8) is 0 Å².